The van der Waals surface area contributed by atoms with E-state index in [4.69, 9.17) is 5.73 Å². The van der Waals surface area contributed by atoms with E-state index in [2.05, 4.69) is 16.7 Å². The molecule has 1 aromatic rings. The topological polar surface area (TPSA) is 51.3 Å². The van der Waals surface area contributed by atoms with E-state index >= 15 is 0 Å². The molecule has 0 aromatic carbocycles. The molecule has 3 heteroatoms. The molecule has 1 rings (SSSR count). The van der Waals surface area contributed by atoms with Gasteiger partial charge in [-0.05, 0) is 30.5 Å². The van der Waals surface area contributed by atoms with Crippen molar-refractivity contribution in [2.75, 3.05) is 0 Å². The van der Waals surface area contributed by atoms with Crippen LogP contribution in [0.5, 0.6) is 0 Å². The van der Waals surface area contributed by atoms with Crippen LogP contribution in [-0.2, 0) is 13.0 Å². The first-order valence-electron chi connectivity index (χ1n) is 4.78. The Balaban J connectivity index is 2.53. The smallest absolute Gasteiger partial charge is 0.0444 e. The van der Waals surface area contributed by atoms with Gasteiger partial charge in [0.05, 0.1) is 0 Å². The van der Waals surface area contributed by atoms with Crippen LogP contribution in [0.2, 0.25) is 0 Å². The molecule has 1 heterocycles. The summed E-state index contributed by atoms with van der Waals surface area (Å²) < 4.78 is 0. The summed E-state index contributed by atoms with van der Waals surface area (Å²) in [6.45, 7) is 3.90. The van der Waals surface area contributed by atoms with Gasteiger partial charge in [-0.1, -0.05) is 12.2 Å². The molecule has 0 saturated heterocycles. The Hall–Kier alpha value is -1.74. The van der Waals surface area contributed by atoms with Crippen molar-refractivity contribution < 1.29 is 0 Å². The van der Waals surface area contributed by atoms with Crippen molar-refractivity contribution in [3.63, 3.8) is 0 Å². The summed E-state index contributed by atoms with van der Waals surface area (Å²) in [6, 6.07) is 3.94. The van der Waals surface area contributed by atoms with E-state index in [0.717, 1.165) is 17.7 Å². The Kier molecular flexibility index (Phi) is 5.04. The molecule has 3 nitrogen and oxygen atoms in total. The van der Waals surface area contributed by atoms with Crippen molar-refractivity contribution in [1.29, 1.82) is 0 Å². The fourth-order valence-electron chi connectivity index (χ4n) is 1.14. The molecule has 0 unspecified atom stereocenters. The van der Waals surface area contributed by atoms with Crippen LogP contribution in [0.15, 0.2) is 47.7 Å². The van der Waals surface area contributed by atoms with Gasteiger partial charge in [0, 0.05) is 31.1 Å². The van der Waals surface area contributed by atoms with Gasteiger partial charge < -0.3 is 5.73 Å². The molecule has 0 atom stereocenters. The maximum Gasteiger partial charge on any atom is 0.0444 e. The average molecular weight is 201 g/mol. The van der Waals surface area contributed by atoms with Crippen LogP contribution in [0.25, 0.3) is 0 Å². The highest BCUT2D eigenvalue weighted by Crippen LogP contribution is 2.02. The van der Waals surface area contributed by atoms with Crippen molar-refractivity contribution in [2.24, 2.45) is 10.7 Å². The number of aliphatic imine (C=N–C) groups is 1. The number of rotatable bonds is 5. The second kappa shape index (κ2) is 6.68. The van der Waals surface area contributed by atoms with Crippen LogP contribution >= 0.6 is 0 Å². The van der Waals surface area contributed by atoms with Gasteiger partial charge in [0.2, 0.25) is 0 Å². The summed E-state index contributed by atoms with van der Waals surface area (Å²) in [5.41, 5.74) is 7.67. The van der Waals surface area contributed by atoms with Crippen LogP contribution in [0.1, 0.15) is 11.3 Å². The molecule has 0 bridgehead atoms. The molecule has 0 amide bonds. The van der Waals surface area contributed by atoms with Gasteiger partial charge in [-0.15, -0.1) is 0 Å². The van der Waals surface area contributed by atoms with E-state index in [-0.39, 0.29) is 0 Å². The summed E-state index contributed by atoms with van der Waals surface area (Å²) in [7, 11) is 0. The molecule has 0 aliphatic rings. The molecule has 0 spiro atoms. The normalized spacial score (nSPS) is 11.3. The van der Waals surface area contributed by atoms with Gasteiger partial charge in [-0.25, -0.2) is 0 Å². The Bertz CT molecular complexity index is 367. The van der Waals surface area contributed by atoms with Crippen molar-refractivity contribution in [3.8, 4) is 0 Å². The lowest BCUT2D eigenvalue weighted by atomic mass is 10.2. The predicted octanol–water partition coefficient (Wildman–Crippen LogP) is 1.85. The largest absolute Gasteiger partial charge is 0.326 e. The molecule has 78 valence electrons. The molecule has 2 N–H and O–H groups in total. The monoisotopic (exact) mass is 201 g/mol. The minimum Gasteiger partial charge on any atom is -0.326 e. The van der Waals surface area contributed by atoms with Gasteiger partial charge in [0.25, 0.3) is 0 Å². The first kappa shape index (κ1) is 11.3. The van der Waals surface area contributed by atoms with Crippen LogP contribution in [0.4, 0.5) is 0 Å². The van der Waals surface area contributed by atoms with Crippen molar-refractivity contribution >= 4 is 6.72 Å². The zero-order valence-electron chi connectivity index (χ0n) is 8.63. The van der Waals surface area contributed by atoms with E-state index in [1.54, 1.807) is 12.4 Å². The maximum atomic E-state index is 5.54. The SMILES string of the molecule is C=N/C=C\C=C/Cc1cc(CN)ccn1. The Labute approximate surface area is 90.1 Å². The molecule has 0 saturated carbocycles. The summed E-state index contributed by atoms with van der Waals surface area (Å²) in [5.74, 6) is 0. The molecule has 0 fully saturated rings. The highest BCUT2D eigenvalue weighted by Gasteiger charge is 1.92. The van der Waals surface area contributed by atoms with Crippen LogP contribution in [0, 0.1) is 0 Å². The molecule has 0 radical (unpaired) electrons. The minimum absolute atomic E-state index is 0.555. The Morgan fingerprint density at radius 3 is 3.07 bits per heavy atom. The standard InChI is InChI=1S/C12H15N3/c1-14-7-4-2-3-5-12-9-11(10-13)6-8-15-12/h2-4,6-9H,1,5,10,13H2/b3-2-,7-4-. The van der Waals surface area contributed by atoms with Gasteiger partial charge in [-0.2, -0.15) is 0 Å². The fraction of sp³-hybridized carbons (Fsp3) is 0.167. The molecular weight excluding hydrogens is 186 g/mol. The fourth-order valence-corrected chi connectivity index (χ4v) is 1.14. The highest BCUT2D eigenvalue weighted by atomic mass is 14.7. The molecule has 1 aromatic heterocycles. The van der Waals surface area contributed by atoms with E-state index < -0.39 is 0 Å². The third kappa shape index (κ3) is 4.33. The van der Waals surface area contributed by atoms with E-state index in [0.29, 0.717) is 6.54 Å². The van der Waals surface area contributed by atoms with E-state index in [9.17, 15) is 0 Å². The lowest BCUT2D eigenvalue weighted by Crippen LogP contribution is -1.98. The quantitative estimate of drug-likeness (QED) is 0.584. The summed E-state index contributed by atoms with van der Waals surface area (Å²) in [6.07, 6.45) is 10.00. The molecule has 0 aliphatic carbocycles. The van der Waals surface area contributed by atoms with Gasteiger partial charge in [-0.3, -0.25) is 9.98 Å². The van der Waals surface area contributed by atoms with E-state index in [1.807, 2.05) is 30.4 Å². The highest BCUT2D eigenvalue weighted by molar-refractivity contribution is 5.26. The number of nitrogens with zero attached hydrogens (tertiary/aromatic N) is 2. The van der Waals surface area contributed by atoms with Crippen molar-refractivity contribution in [3.05, 3.63) is 54.0 Å². The summed E-state index contributed by atoms with van der Waals surface area (Å²) in [4.78, 5) is 7.83. The molecule has 0 aliphatic heterocycles. The first-order valence-corrected chi connectivity index (χ1v) is 4.78. The van der Waals surface area contributed by atoms with E-state index in [1.165, 1.54) is 0 Å². The lowest BCUT2D eigenvalue weighted by Gasteiger charge is -1.98. The zero-order chi connectivity index (χ0) is 10.9. The first-order chi connectivity index (χ1) is 7.36. The number of aromatic nitrogens is 1. The minimum atomic E-state index is 0.555. The van der Waals surface area contributed by atoms with Gasteiger partial charge in [0.15, 0.2) is 0 Å². The number of allylic oxidation sites excluding steroid dienone is 3. The summed E-state index contributed by atoms with van der Waals surface area (Å²) in [5, 5.41) is 0. The van der Waals surface area contributed by atoms with Gasteiger partial charge >= 0.3 is 0 Å². The van der Waals surface area contributed by atoms with Crippen molar-refractivity contribution in [1.82, 2.24) is 4.98 Å². The van der Waals surface area contributed by atoms with Crippen molar-refractivity contribution in [2.45, 2.75) is 13.0 Å². The van der Waals surface area contributed by atoms with Crippen LogP contribution < -0.4 is 5.73 Å². The number of hydrogen-bond acceptors (Lipinski definition) is 3. The maximum absolute atomic E-state index is 5.54. The number of hydrogen-bond donors (Lipinski definition) is 1. The van der Waals surface area contributed by atoms with Gasteiger partial charge in [0.1, 0.15) is 0 Å². The average Bonchev–Trinajstić information content (AvgIpc) is 2.29. The van der Waals surface area contributed by atoms with Crippen LogP contribution in [0.3, 0.4) is 0 Å². The number of pyridine rings is 1. The third-order valence-electron chi connectivity index (χ3n) is 1.88. The Morgan fingerprint density at radius 2 is 2.33 bits per heavy atom. The Morgan fingerprint density at radius 1 is 1.47 bits per heavy atom. The third-order valence-corrected chi connectivity index (χ3v) is 1.88. The molecule has 15 heavy (non-hydrogen) atoms. The second-order valence-electron chi connectivity index (χ2n) is 3.02. The summed E-state index contributed by atoms with van der Waals surface area (Å²) >= 11 is 0. The zero-order valence-corrected chi connectivity index (χ0v) is 8.63. The second-order valence-corrected chi connectivity index (χ2v) is 3.02. The predicted molar refractivity (Wildman–Crippen MR) is 63.7 cm³/mol. The molecular formula is C12H15N3. The number of nitrogens with two attached hydrogens (primary N) is 1. The van der Waals surface area contributed by atoms with Crippen LogP contribution in [-0.4, -0.2) is 11.7 Å². The lowest BCUT2D eigenvalue weighted by molar-refractivity contribution is 1.02.